The number of hydrogen-bond donors (Lipinski definition) is 2. The molecule has 0 unspecified atom stereocenters. The molecule has 10 nitrogen and oxygen atoms in total. The van der Waals surface area contributed by atoms with Crippen molar-refractivity contribution in [1.29, 1.82) is 0 Å². The number of ether oxygens (including phenoxy) is 2. The molecule has 0 amide bonds. The Morgan fingerprint density at radius 2 is 2.00 bits per heavy atom. The lowest BCUT2D eigenvalue weighted by atomic mass is 10.1. The number of rotatable bonds is 9. The van der Waals surface area contributed by atoms with E-state index in [1.807, 2.05) is 12.1 Å². The van der Waals surface area contributed by atoms with Crippen molar-refractivity contribution in [2.45, 2.75) is 6.42 Å². The third kappa shape index (κ3) is 5.12. The van der Waals surface area contributed by atoms with Gasteiger partial charge in [0.25, 0.3) is 0 Å². The van der Waals surface area contributed by atoms with Crippen LogP contribution in [0.1, 0.15) is 6.42 Å². The molecule has 4 heterocycles. The summed E-state index contributed by atoms with van der Waals surface area (Å²) in [4.78, 5) is 17.1. The van der Waals surface area contributed by atoms with E-state index in [-0.39, 0.29) is 0 Å². The fraction of sp³-hybridized carbons (Fsp3) is 0.227. The number of nitrogen functional groups attached to an aromatic ring is 1. The molecule has 0 bridgehead atoms. The molecule has 0 aliphatic rings. The minimum Gasteiger partial charge on any atom is -0.494 e. The Morgan fingerprint density at radius 1 is 1.12 bits per heavy atom. The summed E-state index contributed by atoms with van der Waals surface area (Å²) in [6, 6.07) is 7.07. The van der Waals surface area contributed by atoms with Crippen molar-refractivity contribution < 1.29 is 9.47 Å². The Morgan fingerprint density at radius 3 is 2.82 bits per heavy atom. The summed E-state index contributed by atoms with van der Waals surface area (Å²) < 4.78 is 13.1. The molecule has 4 aromatic rings. The second-order valence-corrected chi connectivity index (χ2v) is 7.42. The Kier molecular flexibility index (Phi) is 6.84. The molecular formula is C22H23ClN8O2. The molecule has 0 radical (unpaired) electrons. The Bertz CT molecular complexity index is 1250. The molecule has 0 fully saturated rings. The van der Waals surface area contributed by atoms with Crippen molar-refractivity contribution in [2.24, 2.45) is 7.05 Å². The summed E-state index contributed by atoms with van der Waals surface area (Å²) in [6.45, 7) is 1.08. The fourth-order valence-corrected chi connectivity index (χ4v) is 3.40. The van der Waals surface area contributed by atoms with Crippen LogP contribution in [0.2, 0.25) is 5.15 Å². The van der Waals surface area contributed by atoms with Gasteiger partial charge in [0.2, 0.25) is 5.88 Å². The maximum Gasteiger partial charge on any atom is 0.222 e. The molecule has 4 rings (SSSR count). The van der Waals surface area contributed by atoms with E-state index in [4.69, 9.17) is 26.8 Å². The first kappa shape index (κ1) is 22.3. The zero-order chi connectivity index (χ0) is 23.2. The van der Waals surface area contributed by atoms with Crippen LogP contribution in [0.15, 0.2) is 49.1 Å². The Balaban J connectivity index is 1.41. The molecular weight excluding hydrogens is 444 g/mol. The number of nitrogens with zero attached hydrogens (tertiary/aromatic N) is 6. The number of anilines is 2. The summed E-state index contributed by atoms with van der Waals surface area (Å²) in [5, 5.41) is 8.03. The normalized spacial score (nSPS) is 10.8. The first-order valence-corrected chi connectivity index (χ1v) is 10.6. The van der Waals surface area contributed by atoms with Gasteiger partial charge in [-0.3, -0.25) is 4.98 Å². The van der Waals surface area contributed by atoms with Crippen molar-refractivity contribution in [1.82, 2.24) is 29.7 Å². The second kappa shape index (κ2) is 10.1. The van der Waals surface area contributed by atoms with Gasteiger partial charge in [-0.1, -0.05) is 11.6 Å². The van der Waals surface area contributed by atoms with E-state index < -0.39 is 0 Å². The lowest BCUT2D eigenvalue weighted by molar-refractivity contribution is 0.289. The zero-order valence-corrected chi connectivity index (χ0v) is 19.0. The second-order valence-electron chi connectivity index (χ2n) is 7.03. The fourth-order valence-electron chi connectivity index (χ4n) is 3.24. The van der Waals surface area contributed by atoms with Crippen LogP contribution < -0.4 is 20.5 Å². The highest BCUT2D eigenvalue weighted by molar-refractivity contribution is 6.29. The van der Waals surface area contributed by atoms with E-state index in [9.17, 15) is 0 Å². The van der Waals surface area contributed by atoms with Crippen molar-refractivity contribution in [3.8, 4) is 34.3 Å². The van der Waals surface area contributed by atoms with E-state index in [2.05, 4.69) is 30.4 Å². The number of hydrogen-bond acceptors (Lipinski definition) is 9. The molecule has 4 aromatic heterocycles. The number of aromatic nitrogens is 6. The maximum atomic E-state index is 6.13. The predicted octanol–water partition coefficient (Wildman–Crippen LogP) is 3.46. The number of pyridine rings is 2. The minimum atomic E-state index is 0.383. The highest BCUT2D eigenvalue weighted by Gasteiger charge is 2.16. The number of nitrogens with one attached hydrogen (secondary N) is 1. The van der Waals surface area contributed by atoms with Crippen LogP contribution in [0.5, 0.6) is 11.6 Å². The van der Waals surface area contributed by atoms with E-state index >= 15 is 0 Å². The quantitative estimate of drug-likeness (QED) is 0.281. The van der Waals surface area contributed by atoms with Crippen LogP contribution in [0.3, 0.4) is 0 Å². The maximum absolute atomic E-state index is 6.13. The molecule has 11 heteroatoms. The lowest BCUT2D eigenvalue weighted by Gasteiger charge is -2.14. The topological polar surface area (TPSA) is 126 Å². The lowest BCUT2D eigenvalue weighted by Crippen LogP contribution is -2.10. The summed E-state index contributed by atoms with van der Waals surface area (Å²) in [5.74, 6) is 2.08. The van der Waals surface area contributed by atoms with Crippen LogP contribution in [0.4, 0.5) is 11.5 Å². The van der Waals surface area contributed by atoms with Crippen LogP contribution in [-0.2, 0) is 7.05 Å². The molecule has 0 saturated heterocycles. The Hall–Kier alpha value is -3.92. The van der Waals surface area contributed by atoms with E-state index in [1.165, 1.54) is 0 Å². The van der Waals surface area contributed by atoms with Crippen LogP contribution in [0, 0.1) is 0 Å². The molecule has 0 spiro atoms. The monoisotopic (exact) mass is 466 g/mol. The Labute approximate surface area is 195 Å². The number of aryl methyl sites for hydroxylation is 1. The highest BCUT2D eigenvalue weighted by atomic mass is 35.5. The molecule has 0 aliphatic carbocycles. The van der Waals surface area contributed by atoms with Crippen molar-refractivity contribution in [2.75, 3.05) is 31.3 Å². The minimum absolute atomic E-state index is 0.383. The summed E-state index contributed by atoms with van der Waals surface area (Å²) in [6.07, 6.45) is 7.36. The van der Waals surface area contributed by atoms with Gasteiger partial charge in [0.15, 0.2) is 5.82 Å². The standard InChI is InChI=1S/C22H23ClN8O2/c1-31-22(15(13-29-31)21-27-9-6-19(24)30-21)33-10-4-8-25-16-11-18(23)28-12-14(16)20-17(32-2)5-3-7-26-20/h3,5-7,9,11-13H,4,8,10H2,1-2H3,(H,25,28)(H2,24,27,30). The zero-order valence-electron chi connectivity index (χ0n) is 18.2. The summed E-state index contributed by atoms with van der Waals surface area (Å²) >= 11 is 6.13. The van der Waals surface area contributed by atoms with Crippen LogP contribution >= 0.6 is 11.6 Å². The average molecular weight is 467 g/mol. The van der Waals surface area contributed by atoms with Gasteiger partial charge >= 0.3 is 0 Å². The summed E-state index contributed by atoms with van der Waals surface area (Å²) in [7, 11) is 3.41. The van der Waals surface area contributed by atoms with Gasteiger partial charge in [-0.25, -0.2) is 19.6 Å². The van der Waals surface area contributed by atoms with Gasteiger partial charge in [0, 0.05) is 43.4 Å². The van der Waals surface area contributed by atoms with E-state index in [0.717, 1.165) is 11.3 Å². The van der Waals surface area contributed by atoms with Gasteiger partial charge in [-0.15, -0.1) is 0 Å². The predicted molar refractivity (Wildman–Crippen MR) is 126 cm³/mol. The molecule has 0 atom stereocenters. The van der Waals surface area contributed by atoms with Gasteiger partial charge in [-0.2, -0.15) is 5.10 Å². The average Bonchev–Trinajstić information content (AvgIpc) is 3.19. The van der Waals surface area contributed by atoms with Gasteiger partial charge < -0.3 is 20.5 Å². The molecule has 33 heavy (non-hydrogen) atoms. The van der Waals surface area contributed by atoms with Gasteiger partial charge in [0.1, 0.15) is 28.0 Å². The number of nitrogens with two attached hydrogens (primary N) is 1. The first-order chi connectivity index (χ1) is 16.1. The molecule has 0 saturated carbocycles. The molecule has 3 N–H and O–H groups in total. The smallest absolute Gasteiger partial charge is 0.222 e. The van der Waals surface area contributed by atoms with E-state index in [1.54, 1.807) is 55.8 Å². The third-order valence-corrected chi connectivity index (χ3v) is 5.00. The third-order valence-electron chi connectivity index (χ3n) is 4.79. The van der Waals surface area contributed by atoms with Crippen LogP contribution in [-0.4, -0.2) is 50.0 Å². The molecule has 0 aromatic carbocycles. The van der Waals surface area contributed by atoms with Crippen molar-refractivity contribution in [3.63, 3.8) is 0 Å². The van der Waals surface area contributed by atoms with Gasteiger partial charge in [-0.05, 0) is 30.7 Å². The van der Waals surface area contributed by atoms with Crippen LogP contribution in [0.25, 0.3) is 22.6 Å². The van der Waals surface area contributed by atoms with E-state index in [0.29, 0.717) is 59.3 Å². The number of halogens is 1. The molecule has 170 valence electrons. The van der Waals surface area contributed by atoms with Crippen molar-refractivity contribution >= 4 is 23.1 Å². The molecule has 0 aliphatic heterocycles. The van der Waals surface area contributed by atoms with Gasteiger partial charge in [0.05, 0.1) is 19.9 Å². The summed E-state index contributed by atoms with van der Waals surface area (Å²) in [5.41, 5.74) is 8.75. The van der Waals surface area contributed by atoms with Crippen molar-refractivity contribution in [3.05, 3.63) is 54.2 Å². The largest absolute Gasteiger partial charge is 0.494 e. The number of methoxy groups -OCH3 is 1. The first-order valence-electron chi connectivity index (χ1n) is 10.2. The SMILES string of the molecule is COc1cccnc1-c1cnc(Cl)cc1NCCCOc1c(-c2nccc(N)n2)cnn1C. The highest BCUT2D eigenvalue weighted by Crippen LogP contribution is 2.33.